The molecule has 0 spiro atoms. The Morgan fingerprint density at radius 1 is 1.21 bits per heavy atom. The van der Waals surface area contributed by atoms with E-state index in [-0.39, 0.29) is 12.5 Å². The van der Waals surface area contributed by atoms with Gasteiger partial charge in [0, 0.05) is 11.9 Å². The molecule has 1 aliphatic rings. The SMILES string of the molecule is O=C(CNc1ccccc1)N/N=C/C1CCCCC1. The monoisotopic (exact) mass is 259 g/mol. The van der Waals surface area contributed by atoms with Crippen LogP contribution in [0, 0.1) is 5.92 Å². The Labute approximate surface area is 114 Å². The molecule has 0 radical (unpaired) electrons. The molecule has 4 heteroatoms. The van der Waals surface area contributed by atoms with E-state index in [4.69, 9.17) is 0 Å². The molecule has 0 saturated heterocycles. The third-order valence-electron chi connectivity index (χ3n) is 3.35. The lowest BCUT2D eigenvalue weighted by atomic mass is 9.90. The Morgan fingerprint density at radius 3 is 2.68 bits per heavy atom. The van der Waals surface area contributed by atoms with Gasteiger partial charge in [-0.05, 0) is 30.9 Å². The quantitative estimate of drug-likeness (QED) is 0.631. The number of nitrogens with one attached hydrogen (secondary N) is 2. The number of nitrogens with zero attached hydrogens (tertiary/aromatic N) is 1. The van der Waals surface area contributed by atoms with Gasteiger partial charge in [-0.25, -0.2) is 5.43 Å². The van der Waals surface area contributed by atoms with E-state index in [1.807, 2.05) is 36.5 Å². The van der Waals surface area contributed by atoms with Crippen molar-refractivity contribution in [3.05, 3.63) is 30.3 Å². The Kier molecular flexibility index (Phi) is 5.41. The van der Waals surface area contributed by atoms with Gasteiger partial charge >= 0.3 is 0 Å². The van der Waals surface area contributed by atoms with Crippen LogP contribution in [0.15, 0.2) is 35.4 Å². The van der Waals surface area contributed by atoms with E-state index in [0.29, 0.717) is 5.92 Å². The van der Waals surface area contributed by atoms with Gasteiger partial charge in [-0.15, -0.1) is 0 Å². The highest BCUT2D eigenvalue weighted by Gasteiger charge is 2.10. The predicted octanol–water partition coefficient (Wildman–Crippen LogP) is 2.78. The molecule has 1 amide bonds. The number of para-hydroxylation sites is 1. The first kappa shape index (κ1) is 13.6. The van der Waals surface area contributed by atoms with Gasteiger partial charge in [-0.1, -0.05) is 37.5 Å². The maximum Gasteiger partial charge on any atom is 0.259 e. The number of benzene rings is 1. The average Bonchev–Trinajstić information content (AvgIpc) is 2.47. The van der Waals surface area contributed by atoms with E-state index in [9.17, 15) is 4.79 Å². The first-order valence-corrected chi connectivity index (χ1v) is 6.95. The van der Waals surface area contributed by atoms with Crippen molar-refractivity contribution in [2.24, 2.45) is 11.0 Å². The number of amides is 1. The van der Waals surface area contributed by atoms with Crippen LogP contribution in [-0.4, -0.2) is 18.7 Å². The Bertz CT molecular complexity index is 411. The van der Waals surface area contributed by atoms with Crippen molar-refractivity contribution in [3.63, 3.8) is 0 Å². The highest BCUT2D eigenvalue weighted by molar-refractivity contribution is 5.81. The minimum Gasteiger partial charge on any atom is -0.376 e. The summed E-state index contributed by atoms with van der Waals surface area (Å²) in [5.74, 6) is 0.423. The van der Waals surface area contributed by atoms with E-state index in [1.54, 1.807) is 0 Å². The summed E-state index contributed by atoms with van der Waals surface area (Å²) < 4.78 is 0. The second-order valence-electron chi connectivity index (χ2n) is 4.93. The highest BCUT2D eigenvalue weighted by Crippen LogP contribution is 2.21. The van der Waals surface area contributed by atoms with Crippen molar-refractivity contribution < 1.29 is 4.79 Å². The number of carbonyl (C=O) groups is 1. The second-order valence-corrected chi connectivity index (χ2v) is 4.93. The zero-order valence-corrected chi connectivity index (χ0v) is 11.1. The topological polar surface area (TPSA) is 53.5 Å². The summed E-state index contributed by atoms with van der Waals surface area (Å²) >= 11 is 0. The minimum atomic E-state index is -0.115. The summed E-state index contributed by atoms with van der Waals surface area (Å²) in [5.41, 5.74) is 3.51. The molecule has 102 valence electrons. The predicted molar refractivity (Wildman–Crippen MR) is 78.1 cm³/mol. The fraction of sp³-hybridized carbons (Fsp3) is 0.467. The van der Waals surface area contributed by atoms with Gasteiger partial charge in [0.05, 0.1) is 6.54 Å². The van der Waals surface area contributed by atoms with Crippen LogP contribution in [-0.2, 0) is 4.79 Å². The number of anilines is 1. The van der Waals surface area contributed by atoms with Crippen LogP contribution < -0.4 is 10.7 Å². The third-order valence-corrected chi connectivity index (χ3v) is 3.35. The molecule has 1 fully saturated rings. The summed E-state index contributed by atoms with van der Waals surface area (Å²) in [6.45, 7) is 0.242. The lowest BCUT2D eigenvalue weighted by Gasteiger charge is -2.16. The number of hydrogen-bond acceptors (Lipinski definition) is 3. The van der Waals surface area contributed by atoms with Gasteiger partial charge in [0.1, 0.15) is 0 Å². The minimum absolute atomic E-state index is 0.115. The summed E-state index contributed by atoms with van der Waals surface area (Å²) in [6, 6.07) is 9.67. The zero-order chi connectivity index (χ0) is 13.3. The summed E-state index contributed by atoms with van der Waals surface area (Å²) in [7, 11) is 0. The molecule has 0 heterocycles. The zero-order valence-electron chi connectivity index (χ0n) is 11.1. The number of hydrazone groups is 1. The number of carbonyl (C=O) groups excluding carboxylic acids is 1. The van der Waals surface area contributed by atoms with E-state index in [1.165, 1.54) is 32.1 Å². The largest absolute Gasteiger partial charge is 0.376 e. The molecule has 1 aromatic carbocycles. The maximum absolute atomic E-state index is 11.6. The Morgan fingerprint density at radius 2 is 1.95 bits per heavy atom. The van der Waals surface area contributed by atoms with Crippen LogP contribution >= 0.6 is 0 Å². The van der Waals surface area contributed by atoms with Crippen molar-refractivity contribution in [2.45, 2.75) is 32.1 Å². The van der Waals surface area contributed by atoms with Crippen molar-refractivity contribution in [3.8, 4) is 0 Å². The van der Waals surface area contributed by atoms with Crippen molar-refractivity contribution in [1.29, 1.82) is 0 Å². The molecule has 2 rings (SSSR count). The molecule has 0 atom stereocenters. The van der Waals surface area contributed by atoms with Gasteiger partial charge in [0.25, 0.3) is 5.91 Å². The number of rotatable bonds is 5. The molecule has 0 aliphatic heterocycles. The molecule has 2 N–H and O–H groups in total. The third kappa shape index (κ3) is 5.12. The van der Waals surface area contributed by atoms with Crippen LogP contribution in [0.2, 0.25) is 0 Å². The van der Waals surface area contributed by atoms with Crippen molar-refractivity contribution in [1.82, 2.24) is 5.43 Å². The van der Waals surface area contributed by atoms with Gasteiger partial charge in [-0.2, -0.15) is 5.10 Å². The summed E-state index contributed by atoms with van der Waals surface area (Å²) in [4.78, 5) is 11.6. The smallest absolute Gasteiger partial charge is 0.259 e. The Hall–Kier alpha value is -1.84. The molecular formula is C15H21N3O. The van der Waals surface area contributed by atoms with Crippen LogP contribution in [0.1, 0.15) is 32.1 Å². The van der Waals surface area contributed by atoms with Crippen LogP contribution in [0.4, 0.5) is 5.69 Å². The van der Waals surface area contributed by atoms with Crippen molar-refractivity contribution >= 4 is 17.8 Å². The summed E-state index contributed by atoms with van der Waals surface area (Å²) in [6.07, 6.45) is 8.17. The highest BCUT2D eigenvalue weighted by atomic mass is 16.2. The second kappa shape index (κ2) is 7.56. The molecule has 0 aromatic heterocycles. The number of hydrogen-bond donors (Lipinski definition) is 2. The van der Waals surface area contributed by atoms with Crippen LogP contribution in [0.3, 0.4) is 0 Å². The van der Waals surface area contributed by atoms with E-state index < -0.39 is 0 Å². The standard InChI is InChI=1S/C15H21N3O/c19-15(12-16-14-9-5-2-6-10-14)18-17-11-13-7-3-1-4-8-13/h2,5-6,9-11,13,16H,1,3-4,7-8,12H2,(H,18,19)/b17-11+. The van der Waals surface area contributed by atoms with E-state index in [2.05, 4.69) is 15.8 Å². The molecular weight excluding hydrogens is 238 g/mol. The lowest BCUT2D eigenvalue weighted by Crippen LogP contribution is -2.26. The molecule has 4 nitrogen and oxygen atoms in total. The molecule has 0 unspecified atom stereocenters. The lowest BCUT2D eigenvalue weighted by molar-refractivity contribution is -0.119. The first-order valence-electron chi connectivity index (χ1n) is 6.95. The molecule has 1 saturated carbocycles. The molecule has 0 bridgehead atoms. The fourth-order valence-corrected chi connectivity index (χ4v) is 2.28. The fourth-order valence-electron chi connectivity index (χ4n) is 2.28. The van der Waals surface area contributed by atoms with Gasteiger partial charge in [0.2, 0.25) is 0 Å². The van der Waals surface area contributed by atoms with E-state index in [0.717, 1.165) is 5.69 Å². The van der Waals surface area contributed by atoms with Gasteiger partial charge in [-0.3, -0.25) is 4.79 Å². The summed E-state index contributed by atoms with van der Waals surface area (Å²) in [5, 5.41) is 7.09. The maximum atomic E-state index is 11.6. The van der Waals surface area contributed by atoms with Crippen molar-refractivity contribution in [2.75, 3.05) is 11.9 Å². The molecule has 1 aromatic rings. The Balaban J connectivity index is 1.65. The first-order chi connectivity index (χ1) is 9.34. The molecule has 19 heavy (non-hydrogen) atoms. The van der Waals surface area contributed by atoms with Gasteiger partial charge in [0.15, 0.2) is 0 Å². The van der Waals surface area contributed by atoms with E-state index >= 15 is 0 Å². The normalized spacial score (nSPS) is 16.4. The molecule has 1 aliphatic carbocycles. The average molecular weight is 259 g/mol. The van der Waals surface area contributed by atoms with Crippen LogP contribution in [0.5, 0.6) is 0 Å². The van der Waals surface area contributed by atoms with Crippen LogP contribution in [0.25, 0.3) is 0 Å². The van der Waals surface area contributed by atoms with Gasteiger partial charge < -0.3 is 5.32 Å².